The van der Waals surface area contributed by atoms with Crippen LogP contribution in [-0.4, -0.2) is 16.0 Å². The Morgan fingerprint density at radius 3 is 2.90 bits per heavy atom. The fourth-order valence-electron chi connectivity index (χ4n) is 1.79. The predicted octanol–water partition coefficient (Wildman–Crippen LogP) is 3.31. The summed E-state index contributed by atoms with van der Waals surface area (Å²) >= 11 is 5.85. The Bertz CT molecular complexity index is 619. The van der Waals surface area contributed by atoms with Crippen LogP contribution >= 0.6 is 11.6 Å². The number of hydrogen-bond donors (Lipinski definition) is 1. The summed E-state index contributed by atoms with van der Waals surface area (Å²) in [5.41, 5.74) is 0.678. The fraction of sp³-hybridized carbons (Fsp3) is 0.286. The molecule has 1 fully saturated rings. The van der Waals surface area contributed by atoms with Gasteiger partial charge in [0.2, 0.25) is 5.88 Å². The average molecular weight is 294 g/mol. The number of pyridine rings is 2. The van der Waals surface area contributed by atoms with Gasteiger partial charge >= 0.3 is 0 Å². The molecule has 1 aliphatic carbocycles. The van der Waals surface area contributed by atoms with Gasteiger partial charge in [-0.3, -0.25) is 4.98 Å². The van der Waals surface area contributed by atoms with Crippen molar-refractivity contribution in [2.45, 2.75) is 25.4 Å². The van der Waals surface area contributed by atoms with Crippen LogP contribution in [0.5, 0.6) is 11.6 Å². The van der Waals surface area contributed by atoms with E-state index in [0.717, 1.165) is 19.0 Å². The van der Waals surface area contributed by atoms with E-state index in [1.807, 2.05) is 0 Å². The lowest BCUT2D eigenvalue weighted by molar-refractivity contribution is 0.446. The van der Waals surface area contributed by atoms with Crippen LogP contribution < -0.4 is 10.1 Å². The van der Waals surface area contributed by atoms with Gasteiger partial charge in [0, 0.05) is 30.4 Å². The largest absolute Gasteiger partial charge is 0.437 e. The highest BCUT2D eigenvalue weighted by Crippen LogP contribution is 2.26. The molecule has 2 heterocycles. The minimum absolute atomic E-state index is 0.364. The maximum Gasteiger partial charge on any atom is 0.223 e. The van der Waals surface area contributed by atoms with Crippen molar-refractivity contribution in [1.82, 2.24) is 15.3 Å². The topological polar surface area (TPSA) is 47.0 Å². The number of hydrogen-bond acceptors (Lipinski definition) is 4. The van der Waals surface area contributed by atoms with E-state index in [9.17, 15) is 4.39 Å². The van der Waals surface area contributed by atoms with Crippen LogP contribution in [0.15, 0.2) is 30.7 Å². The molecule has 20 heavy (non-hydrogen) atoms. The number of halogens is 2. The van der Waals surface area contributed by atoms with Crippen molar-refractivity contribution >= 4 is 11.6 Å². The molecule has 6 heteroatoms. The maximum atomic E-state index is 13.3. The molecule has 1 aliphatic rings. The van der Waals surface area contributed by atoms with Crippen molar-refractivity contribution in [1.29, 1.82) is 0 Å². The monoisotopic (exact) mass is 293 g/mol. The van der Waals surface area contributed by atoms with Crippen LogP contribution in [0.3, 0.4) is 0 Å². The van der Waals surface area contributed by atoms with Gasteiger partial charge in [-0.05, 0) is 18.9 Å². The van der Waals surface area contributed by atoms with E-state index in [1.165, 1.54) is 18.5 Å². The first-order chi connectivity index (χ1) is 9.70. The predicted molar refractivity (Wildman–Crippen MR) is 73.4 cm³/mol. The third-order valence-corrected chi connectivity index (χ3v) is 3.15. The van der Waals surface area contributed by atoms with E-state index in [-0.39, 0.29) is 5.82 Å². The van der Waals surface area contributed by atoms with Crippen LogP contribution in [0, 0.1) is 5.82 Å². The van der Waals surface area contributed by atoms with E-state index in [0.29, 0.717) is 34.8 Å². The summed E-state index contributed by atoms with van der Waals surface area (Å²) in [5, 5.41) is 3.78. The van der Waals surface area contributed by atoms with Crippen LogP contribution in [0.2, 0.25) is 5.02 Å². The Balaban J connectivity index is 1.79. The van der Waals surface area contributed by atoms with Crippen LogP contribution in [-0.2, 0) is 6.54 Å². The fourth-order valence-corrected chi connectivity index (χ4v) is 1.95. The summed E-state index contributed by atoms with van der Waals surface area (Å²) in [7, 11) is 0. The second-order valence-electron chi connectivity index (χ2n) is 4.71. The van der Waals surface area contributed by atoms with Gasteiger partial charge in [-0.2, -0.15) is 0 Å². The molecule has 0 aromatic carbocycles. The molecule has 2 aromatic rings. The lowest BCUT2D eigenvalue weighted by Crippen LogP contribution is -2.16. The molecule has 0 unspecified atom stereocenters. The maximum absolute atomic E-state index is 13.3. The van der Waals surface area contributed by atoms with E-state index in [2.05, 4.69) is 15.3 Å². The molecule has 3 rings (SSSR count). The van der Waals surface area contributed by atoms with Gasteiger partial charge < -0.3 is 10.1 Å². The van der Waals surface area contributed by atoms with Crippen molar-refractivity contribution in [3.05, 3.63) is 47.1 Å². The minimum atomic E-state index is -0.380. The molecule has 0 spiro atoms. The highest BCUT2D eigenvalue weighted by atomic mass is 35.5. The Labute approximate surface area is 121 Å². The first kappa shape index (κ1) is 13.3. The van der Waals surface area contributed by atoms with Gasteiger partial charge in [-0.1, -0.05) is 11.6 Å². The molecular formula is C14H13ClFN3O. The molecule has 0 amide bonds. The first-order valence-corrected chi connectivity index (χ1v) is 6.75. The number of nitrogens with zero attached hydrogens (tertiary/aromatic N) is 2. The lowest BCUT2D eigenvalue weighted by Gasteiger charge is -2.10. The third kappa shape index (κ3) is 3.43. The van der Waals surface area contributed by atoms with E-state index < -0.39 is 0 Å². The molecule has 0 aliphatic heterocycles. The van der Waals surface area contributed by atoms with Crippen LogP contribution in [0.1, 0.15) is 18.4 Å². The quantitative estimate of drug-likeness (QED) is 0.919. The van der Waals surface area contributed by atoms with Gasteiger partial charge in [0.15, 0.2) is 0 Å². The Morgan fingerprint density at radius 2 is 2.15 bits per heavy atom. The smallest absolute Gasteiger partial charge is 0.223 e. The molecule has 4 nitrogen and oxygen atoms in total. The lowest BCUT2D eigenvalue weighted by atomic mass is 10.2. The van der Waals surface area contributed by atoms with Crippen molar-refractivity contribution < 1.29 is 9.13 Å². The zero-order valence-electron chi connectivity index (χ0n) is 10.6. The van der Waals surface area contributed by atoms with Crippen molar-refractivity contribution in [2.24, 2.45) is 0 Å². The zero-order valence-corrected chi connectivity index (χ0v) is 11.4. The van der Waals surface area contributed by atoms with Gasteiger partial charge in [-0.15, -0.1) is 0 Å². The Hall–Kier alpha value is -1.72. The van der Waals surface area contributed by atoms with E-state index in [1.54, 1.807) is 6.07 Å². The number of ether oxygens (including phenoxy) is 1. The molecule has 2 aromatic heterocycles. The van der Waals surface area contributed by atoms with Gasteiger partial charge in [0.1, 0.15) is 11.6 Å². The van der Waals surface area contributed by atoms with Gasteiger partial charge in [0.05, 0.1) is 17.4 Å². The molecule has 0 atom stereocenters. The van der Waals surface area contributed by atoms with Crippen LogP contribution in [0.25, 0.3) is 0 Å². The second kappa shape index (κ2) is 5.73. The highest BCUT2D eigenvalue weighted by molar-refractivity contribution is 6.30. The molecule has 1 N–H and O–H groups in total. The molecule has 0 bridgehead atoms. The molecule has 0 saturated heterocycles. The number of rotatable bonds is 5. The van der Waals surface area contributed by atoms with E-state index in [4.69, 9.17) is 16.3 Å². The van der Waals surface area contributed by atoms with Crippen molar-refractivity contribution in [3.63, 3.8) is 0 Å². The third-order valence-electron chi connectivity index (χ3n) is 2.94. The summed E-state index contributed by atoms with van der Waals surface area (Å²) in [6.07, 6.45) is 6.51. The molecular weight excluding hydrogens is 281 g/mol. The summed E-state index contributed by atoms with van der Waals surface area (Å²) in [4.78, 5) is 7.93. The first-order valence-electron chi connectivity index (χ1n) is 6.37. The SMILES string of the molecule is Fc1cnc(Oc2cncc(Cl)c2)c(CNC2CC2)c1. The highest BCUT2D eigenvalue weighted by Gasteiger charge is 2.21. The minimum Gasteiger partial charge on any atom is -0.437 e. The molecule has 1 saturated carbocycles. The summed E-state index contributed by atoms with van der Waals surface area (Å²) in [6, 6.07) is 3.59. The number of aromatic nitrogens is 2. The van der Waals surface area contributed by atoms with Crippen molar-refractivity contribution in [3.8, 4) is 11.6 Å². The van der Waals surface area contributed by atoms with E-state index >= 15 is 0 Å². The zero-order chi connectivity index (χ0) is 13.9. The standard InChI is InChI=1S/C14H13ClFN3O/c15-10-4-13(8-17-6-10)20-14-9(3-11(16)7-19-14)5-18-12-1-2-12/h3-4,6-8,12,18H,1-2,5H2. The van der Waals surface area contributed by atoms with Gasteiger partial charge in [-0.25, -0.2) is 9.37 Å². The summed E-state index contributed by atoms with van der Waals surface area (Å²) < 4.78 is 18.9. The number of nitrogens with one attached hydrogen (secondary N) is 1. The normalized spacial score (nSPS) is 14.3. The molecule has 104 valence electrons. The Kier molecular flexibility index (Phi) is 3.80. The average Bonchev–Trinajstić information content (AvgIpc) is 3.23. The second-order valence-corrected chi connectivity index (χ2v) is 5.15. The van der Waals surface area contributed by atoms with Crippen molar-refractivity contribution in [2.75, 3.05) is 0 Å². The summed E-state index contributed by atoms with van der Waals surface area (Å²) in [5.74, 6) is 0.460. The molecule has 0 radical (unpaired) electrons. The Morgan fingerprint density at radius 1 is 1.30 bits per heavy atom. The summed E-state index contributed by atoms with van der Waals surface area (Å²) in [6.45, 7) is 0.527. The van der Waals surface area contributed by atoms with Crippen LogP contribution in [0.4, 0.5) is 4.39 Å². The van der Waals surface area contributed by atoms with Gasteiger partial charge in [0.25, 0.3) is 0 Å².